The molecule has 0 atom stereocenters. The lowest BCUT2D eigenvalue weighted by molar-refractivity contribution is -0.110. The normalized spacial score (nSPS) is 16.0. The van der Waals surface area contributed by atoms with Crippen molar-refractivity contribution in [3.63, 3.8) is 0 Å². The summed E-state index contributed by atoms with van der Waals surface area (Å²) in [5, 5.41) is 13.2. The first-order valence-corrected chi connectivity index (χ1v) is 10.6. The zero-order valence-electron chi connectivity index (χ0n) is 18.9. The summed E-state index contributed by atoms with van der Waals surface area (Å²) >= 11 is 0. The Morgan fingerprint density at radius 1 is 1.22 bits per heavy atom. The largest absolute Gasteiger partial charge is 0.399 e. The third-order valence-corrected chi connectivity index (χ3v) is 5.41. The molecule has 0 spiro atoms. The number of anilines is 3. The number of hydrogen-bond acceptors (Lipinski definition) is 6. The number of carbonyl (C=O) groups excluding carboxylic acids is 1. The molecule has 1 fully saturated rings. The van der Waals surface area contributed by atoms with E-state index in [9.17, 15) is 4.79 Å². The van der Waals surface area contributed by atoms with E-state index in [4.69, 9.17) is 10.3 Å². The molecule has 0 radical (unpaired) electrons. The van der Waals surface area contributed by atoms with Gasteiger partial charge >= 0.3 is 0 Å². The summed E-state index contributed by atoms with van der Waals surface area (Å²) in [5.41, 5.74) is 10.8. The summed E-state index contributed by atoms with van der Waals surface area (Å²) in [6.45, 7) is 9.86. The summed E-state index contributed by atoms with van der Waals surface area (Å²) in [5.74, 6) is 0.356. The summed E-state index contributed by atoms with van der Waals surface area (Å²) < 4.78 is 20.4. The SMILES string of the molecule is CC(C)=C(N)/C=C1\C(=O)Nc2cc(NC(Nc3cc(C(C)(C)C)no3)=C3CC3)c(F)cc21. The van der Waals surface area contributed by atoms with Gasteiger partial charge in [-0.3, -0.25) is 4.79 Å². The van der Waals surface area contributed by atoms with E-state index in [0.29, 0.717) is 34.2 Å². The number of nitrogens with zero attached hydrogens (tertiary/aromatic N) is 1. The predicted molar refractivity (Wildman–Crippen MR) is 124 cm³/mol. The molecule has 168 valence electrons. The topological polar surface area (TPSA) is 105 Å². The molecule has 0 bridgehead atoms. The van der Waals surface area contributed by atoms with E-state index in [1.54, 1.807) is 12.1 Å². The van der Waals surface area contributed by atoms with E-state index in [1.807, 2.05) is 19.9 Å². The molecule has 2 heterocycles. The second kappa shape index (κ2) is 7.85. The highest BCUT2D eigenvalue weighted by atomic mass is 19.1. The predicted octanol–water partition coefficient (Wildman–Crippen LogP) is 5.23. The van der Waals surface area contributed by atoms with E-state index in [1.165, 1.54) is 6.07 Å². The number of hydrogen-bond donors (Lipinski definition) is 4. The molecule has 2 aromatic rings. The van der Waals surface area contributed by atoms with Gasteiger partial charge in [0.1, 0.15) is 11.6 Å². The van der Waals surface area contributed by atoms with Crippen LogP contribution in [0.2, 0.25) is 0 Å². The fraction of sp³-hybridized carbons (Fsp3) is 0.333. The van der Waals surface area contributed by atoms with Crippen molar-refractivity contribution in [2.24, 2.45) is 5.73 Å². The lowest BCUT2D eigenvalue weighted by atomic mass is 9.92. The third-order valence-electron chi connectivity index (χ3n) is 5.41. The Hall–Kier alpha value is -3.55. The molecule has 1 aromatic heterocycles. The van der Waals surface area contributed by atoms with Crippen LogP contribution < -0.4 is 21.7 Å². The monoisotopic (exact) mass is 437 g/mol. The zero-order valence-corrected chi connectivity index (χ0v) is 18.9. The summed E-state index contributed by atoms with van der Waals surface area (Å²) in [6, 6.07) is 4.78. The van der Waals surface area contributed by atoms with Crippen LogP contribution in [-0.2, 0) is 10.2 Å². The van der Waals surface area contributed by atoms with Gasteiger partial charge in [-0.15, -0.1) is 0 Å². The lowest BCUT2D eigenvalue weighted by Gasteiger charge is -2.14. The number of nitrogens with two attached hydrogens (primary N) is 1. The molecule has 4 rings (SSSR count). The van der Waals surface area contributed by atoms with Crippen molar-refractivity contribution in [1.82, 2.24) is 5.16 Å². The molecule has 32 heavy (non-hydrogen) atoms. The van der Waals surface area contributed by atoms with Crippen molar-refractivity contribution in [2.45, 2.75) is 52.9 Å². The maximum Gasteiger partial charge on any atom is 0.256 e. The highest BCUT2D eigenvalue weighted by Crippen LogP contribution is 2.38. The highest BCUT2D eigenvalue weighted by Gasteiger charge is 2.28. The number of aromatic nitrogens is 1. The standard InChI is InChI=1S/C24H28FN5O2/c1-12(2)17(26)9-15-14-8-16(25)19(10-18(14)28-23(15)31)27-22(13-6-7-13)29-21-11-20(30-32-21)24(3,4)5/h8-11,27,29H,6-7,26H2,1-5H3,(H,28,31)/b15-9-. The van der Waals surface area contributed by atoms with Crippen LogP contribution in [0.25, 0.3) is 5.57 Å². The number of carbonyl (C=O) groups is 1. The second-order valence-corrected chi connectivity index (χ2v) is 9.40. The number of fused-ring (bicyclic) bond motifs is 1. The Bertz CT molecular complexity index is 1190. The maximum atomic E-state index is 15.0. The van der Waals surface area contributed by atoms with Gasteiger partial charge in [-0.25, -0.2) is 4.39 Å². The Balaban J connectivity index is 1.61. The molecule has 8 heteroatoms. The molecule has 5 N–H and O–H groups in total. The highest BCUT2D eigenvalue weighted by molar-refractivity contribution is 6.32. The van der Waals surface area contributed by atoms with Crippen molar-refractivity contribution in [2.75, 3.05) is 16.0 Å². The minimum Gasteiger partial charge on any atom is -0.399 e. The molecule has 2 aliphatic rings. The van der Waals surface area contributed by atoms with Crippen molar-refractivity contribution in [1.29, 1.82) is 0 Å². The first-order chi connectivity index (χ1) is 15.0. The smallest absolute Gasteiger partial charge is 0.256 e. The van der Waals surface area contributed by atoms with Crippen molar-refractivity contribution in [3.8, 4) is 0 Å². The first-order valence-electron chi connectivity index (χ1n) is 10.6. The number of allylic oxidation sites excluding steroid dienone is 3. The van der Waals surface area contributed by atoms with E-state index in [2.05, 4.69) is 41.9 Å². The number of benzene rings is 1. The van der Waals surface area contributed by atoms with Gasteiger partial charge < -0.3 is 26.2 Å². The van der Waals surface area contributed by atoms with Crippen LogP contribution in [0.1, 0.15) is 58.7 Å². The Kier molecular flexibility index (Phi) is 5.32. The van der Waals surface area contributed by atoms with Gasteiger partial charge in [-0.05, 0) is 50.5 Å². The van der Waals surface area contributed by atoms with Crippen LogP contribution in [0.3, 0.4) is 0 Å². The average Bonchev–Trinajstić information content (AvgIpc) is 3.37. The van der Waals surface area contributed by atoms with Crippen LogP contribution in [0, 0.1) is 5.82 Å². The number of amides is 1. The number of halogens is 1. The van der Waals surface area contributed by atoms with Gasteiger partial charge in [-0.1, -0.05) is 31.5 Å². The Labute approximate surface area is 186 Å². The van der Waals surface area contributed by atoms with Gasteiger partial charge in [-0.2, -0.15) is 0 Å². The molecule has 1 aliphatic heterocycles. The third kappa shape index (κ3) is 4.39. The lowest BCUT2D eigenvalue weighted by Crippen LogP contribution is -2.12. The quantitative estimate of drug-likeness (QED) is 0.478. The van der Waals surface area contributed by atoms with Crippen LogP contribution in [0.4, 0.5) is 21.6 Å². The van der Waals surface area contributed by atoms with Crippen molar-refractivity contribution >= 4 is 28.7 Å². The molecule has 1 aliphatic carbocycles. The summed E-state index contributed by atoms with van der Waals surface area (Å²) in [6.07, 6.45) is 3.40. The molecule has 0 unspecified atom stereocenters. The van der Waals surface area contributed by atoms with E-state index < -0.39 is 5.82 Å². The second-order valence-electron chi connectivity index (χ2n) is 9.40. The summed E-state index contributed by atoms with van der Waals surface area (Å²) in [4.78, 5) is 12.4. The molecular formula is C24H28FN5O2. The molecular weight excluding hydrogens is 409 g/mol. The van der Waals surface area contributed by atoms with Gasteiger partial charge in [0.25, 0.3) is 5.91 Å². The average molecular weight is 438 g/mol. The van der Waals surface area contributed by atoms with Crippen LogP contribution in [0.5, 0.6) is 0 Å². The van der Waals surface area contributed by atoms with Gasteiger partial charge in [0.15, 0.2) is 0 Å². The minimum absolute atomic E-state index is 0.145. The molecule has 0 saturated heterocycles. The van der Waals surface area contributed by atoms with Gasteiger partial charge in [0.05, 0.1) is 22.6 Å². The number of nitrogens with one attached hydrogen (secondary N) is 3. The molecule has 7 nitrogen and oxygen atoms in total. The zero-order chi connectivity index (χ0) is 23.2. The number of rotatable bonds is 5. The maximum absolute atomic E-state index is 15.0. The fourth-order valence-corrected chi connectivity index (χ4v) is 3.22. The van der Waals surface area contributed by atoms with Crippen molar-refractivity contribution < 1.29 is 13.7 Å². The fourth-order valence-electron chi connectivity index (χ4n) is 3.22. The van der Waals surface area contributed by atoms with Crippen LogP contribution in [-0.4, -0.2) is 11.1 Å². The molecule has 1 amide bonds. The summed E-state index contributed by atoms with van der Waals surface area (Å²) in [7, 11) is 0. The minimum atomic E-state index is -0.476. The first kappa shape index (κ1) is 21.7. The van der Waals surface area contributed by atoms with E-state index in [0.717, 1.165) is 29.7 Å². The van der Waals surface area contributed by atoms with E-state index >= 15 is 4.39 Å². The van der Waals surface area contributed by atoms with Crippen LogP contribution in [0.15, 0.2) is 51.5 Å². The van der Waals surface area contributed by atoms with Crippen molar-refractivity contribution in [3.05, 3.63) is 64.0 Å². The molecule has 1 aromatic carbocycles. The Morgan fingerprint density at radius 2 is 1.94 bits per heavy atom. The molecule has 1 saturated carbocycles. The van der Waals surface area contributed by atoms with E-state index in [-0.39, 0.29) is 17.0 Å². The Morgan fingerprint density at radius 3 is 2.53 bits per heavy atom. The van der Waals surface area contributed by atoms with Gasteiger partial charge in [0.2, 0.25) is 5.88 Å². The van der Waals surface area contributed by atoms with Gasteiger partial charge in [0, 0.05) is 22.7 Å². The van der Waals surface area contributed by atoms with Crippen LogP contribution >= 0.6 is 0 Å².